The number of anilines is 2. The van der Waals surface area contributed by atoms with Crippen LogP contribution in [0, 0.1) is 0 Å². The second kappa shape index (κ2) is 13.0. The van der Waals surface area contributed by atoms with Gasteiger partial charge in [0.1, 0.15) is 5.75 Å². The first-order chi connectivity index (χ1) is 19.1. The highest BCUT2D eigenvalue weighted by Gasteiger charge is 2.23. The molecule has 2 amide bonds. The van der Waals surface area contributed by atoms with E-state index in [0.717, 1.165) is 16.7 Å². The zero-order valence-corrected chi connectivity index (χ0v) is 22.6. The van der Waals surface area contributed by atoms with E-state index < -0.39 is 12.4 Å². The van der Waals surface area contributed by atoms with Crippen molar-refractivity contribution in [3.05, 3.63) is 64.9 Å². The zero-order valence-electron chi connectivity index (χ0n) is 21.8. The number of ether oxygens (including phenoxy) is 3. The molecule has 0 saturated carbocycles. The lowest BCUT2D eigenvalue weighted by molar-refractivity contribution is -0.121. The molecule has 2 aliphatic heterocycles. The van der Waals surface area contributed by atoms with Gasteiger partial charge in [0.15, 0.2) is 6.29 Å². The van der Waals surface area contributed by atoms with Crippen LogP contribution < -0.4 is 15.4 Å². The third-order valence-electron chi connectivity index (χ3n) is 6.59. The number of amides is 2. The highest BCUT2D eigenvalue weighted by molar-refractivity contribution is 7.08. The van der Waals surface area contributed by atoms with E-state index in [2.05, 4.69) is 15.5 Å². The Hall–Kier alpha value is -3.48. The van der Waals surface area contributed by atoms with Gasteiger partial charge in [-0.25, -0.2) is 4.79 Å². The van der Waals surface area contributed by atoms with Gasteiger partial charge < -0.3 is 29.3 Å². The number of rotatable bonds is 9. The van der Waals surface area contributed by atoms with E-state index >= 15 is 0 Å². The molecule has 3 aromatic rings. The average molecular weight is 553 g/mol. The van der Waals surface area contributed by atoms with Crippen molar-refractivity contribution in [3.63, 3.8) is 0 Å². The standard InChI is InChI=1S/C28H32N4O6S/c1-35-25-18-21(6-7-23(25)27-36-15-16-37-27)29-26(33)8-10-31-11-13-32(14-12-31)38-28(34)30-24-5-3-2-4-22(24)20-9-17-39-19-20/h2-7,9,17-19,27H,8,10-16H2,1H3,(H,29,33)(H,30,34). The molecule has 0 unspecified atom stereocenters. The van der Waals surface area contributed by atoms with Crippen molar-refractivity contribution < 1.29 is 28.6 Å². The van der Waals surface area contributed by atoms with Crippen LogP contribution in [0.2, 0.25) is 0 Å². The van der Waals surface area contributed by atoms with Crippen LogP contribution in [0.15, 0.2) is 59.3 Å². The van der Waals surface area contributed by atoms with Crippen molar-refractivity contribution in [2.75, 3.05) is 63.7 Å². The Kier molecular flexibility index (Phi) is 9.07. The Morgan fingerprint density at radius 1 is 1.03 bits per heavy atom. The molecular weight excluding hydrogens is 520 g/mol. The monoisotopic (exact) mass is 552 g/mol. The van der Waals surface area contributed by atoms with E-state index in [1.54, 1.807) is 29.6 Å². The number of piperazine rings is 1. The number of carbonyl (C=O) groups is 2. The maximum Gasteiger partial charge on any atom is 0.430 e. The summed E-state index contributed by atoms with van der Waals surface area (Å²) < 4.78 is 16.6. The molecule has 2 saturated heterocycles. The molecule has 0 radical (unpaired) electrons. The summed E-state index contributed by atoms with van der Waals surface area (Å²) >= 11 is 1.61. The van der Waals surface area contributed by atoms with Gasteiger partial charge in [-0.2, -0.15) is 11.3 Å². The number of hydroxylamine groups is 2. The second-order valence-corrected chi connectivity index (χ2v) is 9.94. The van der Waals surface area contributed by atoms with Gasteiger partial charge in [-0.1, -0.05) is 18.2 Å². The Morgan fingerprint density at radius 2 is 1.82 bits per heavy atom. The fourth-order valence-electron chi connectivity index (χ4n) is 4.56. The van der Waals surface area contributed by atoms with E-state index in [9.17, 15) is 9.59 Å². The van der Waals surface area contributed by atoms with E-state index in [1.807, 2.05) is 53.2 Å². The molecule has 206 valence electrons. The summed E-state index contributed by atoms with van der Waals surface area (Å²) in [4.78, 5) is 32.9. The molecule has 5 rings (SSSR count). The van der Waals surface area contributed by atoms with Crippen molar-refractivity contribution >= 4 is 34.7 Å². The first kappa shape index (κ1) is 27.1. The molecule has 0 atom stereocenters. The number of nitrogens with one attached hydrogen (secondary N) is 2. The summed E-state index contributed by atoms with van der Waals surface area (Å²) in [6, 6.07) is 15.1. The van der Waals surface area contributed by atoms with Gasteiger partial charge in [-0.15, -0.1) is 5.06 Å². The van der Waals surface area contributed by atoms with Crippen LogP contribution in [0.1, 0.15) is 18.3 Å². The molecule has 10 nitrogen and oxygen atoms in total. The van der Waals surface area contributed by atoms with Gasteiger partial charge in [0.2, 0.25) is 5.91 Å². The van der Waals surface area contributed by atoms with Crippen LogP contribution in [0.5, 0.6) is 5.75 Å². The molecular formula is C28H32N4O6S. The predicted molar refractivity (Wildman–Crippen MR) is 149 cm³/mol. The van der Waals surface area contributed by atoms with Crippen LogP contribution in [0.4, 0.5) is 16.2 Å². The van der Waals surface area contributed by atoms with Gasteiger partial charge in [-0.05, 0) is 40.6 Å². The molecule has 1 aromatic heterocycles. The van der Waals surface area contributed by atoms with Crippen molar-refractivity contribution in [1.29, 1.82) is 0 Å². The fourth-order valence-corrected chi connectivity index (χ4v) is 5.22. The summed E-state index contributed by atoms with van der Waals surface area (Å²) in [5.41, 5.74) is 4.16. The molecule has 2 N–H and O–H groups in total. The van der Waals surface area contributed by atoms with E-state index in [-0.39, 0.29) is 5.91 Å². The average Bonchev–Trinajstić information content (AvgIpc) is 3.68. The first-order valence-electron chi connectivity index (χ1n) is 12.9. The molecule has 39 heavy (non-hydrogen) atoms. The minimum Gasteiger partial charge on any atom is -0.496 e. The molecule has 11 heteroatoms. The predicted octanol–water partition coefficient (Wildman–Crippen LogP) is 4.58. The summed E-state index contributed by atoms with van der Waals surface area (Å²) in [7, 11) is 1.58. The summed E-state index contributed by atoms with van der Waals surface area (Å²) in [6.45, 7) is 4.20. The maximum atomic E-state index is 12.6. The van der Waals surface area contributed by atoms with Crippen LogP contribution in [0.3, 0.4) is 0 Å². The molecule has 2 aliphatic rings. The van der Waals surface area contributed by atoms with Gasteiger partial charge in [0, 0.05) is 62.0 Å². The van der Waals surface area contributed by atoms with Crippen LogP contribution in [-0.4, -0.2) is 75.0 Å². The Morgan fingerprint density at radius 3 is 2.56 bits per heavy atom. The third kappa shape index (κ3) is 7.14. The van der Waals surface area contributed by atoms with Gasteiger partial charge in [-0.3, -0.25) is 10.1 Å². The minimum atomic E-state index is -0.516. The number of hydrogen-bond acceptors (Lipinski definition) is 9. The number of nitrogens with zero attached hydrogens (tertiary/aromatic N) is 2. The number of carbonyl (C=O) groups excluding carboxylic acids is 2. The number of para-hydroxylation sites is 1. The lowest BCUT2D eigenvalue weighted by Gasteiger charge is -2.33. The van der Waals surface area contributed by atoms with Crippen LogP contribution >= 0.6 is 11.3 Å². The maximum absolute atomic E-state index is 12.6. The van der Waals surface area contributed by atoms with E-state index in [4.69, 9.17) is 19.0 Å². The number of thiophene rings is 1. The van der Waals surface area contributed by atoms with Crippen molar-refractivity contribution in [2.24, 2.45) is 0 Å². The highest BCUT2D eigenvalue weighted by Crippen LogP contribution is 2.33. The summed E-state index contributed by atoms with van der Waals surface area (Å²) in [5, 5.41) is 11.5. The van der Waals surface area contributed by atoms with Crippen molar-refractivity contribution in [3.8, 4) is 16.9 Å². The van der Waals surface area contributed by atoms with E-state index in [0.29, 0.717) is 69.5 Å². The molecule has 3 heterocycles. The molecule has 2 fully saturated rings. The van der Waals surface area contributed by atoms with Crippen LogP contribution in [-0.2, 0) is 19.1 Å². The van der Waals surface area contributed by atoms with Gasteiger partial charge >= 0.3 is 6.09 Å². The van der Waals surface area contributed by atoms with Crippen LogP contribution in [0.25, 0.3) is 11.1 Å². The third-order valence-corrected chi connectivity index (χ3v) is 7.27. The number of benzene rings is 2. The number of methoxy groups -OCH3 is 1. The molecule has 0 aliphatic carbocycles. The largest absolute Gasteiger partial charge is 0.496 e. The second-order valence-electron chi connectivity index (χ2n) is 9.16. The summed E-state index contributed by atoms with van der Waals surface area (Å²) in [5.74, 6) is 0.523. The molecule has 2 aromatic carbocycles. The number of hydrogen-bond donors (Lipinski definition) is 2. The topological polar surface area (TPSA) is 102 Å². The van der Waals surface area contributed by atoms with Crippen molar-refractivity contribution in [1.82, 2.24) is 9.96 Å². The van der Waals surface area contributed by atoms with E-state index in [1.165, 1.54) is 0 Å². The first-order valence-corrected chi connectivity index (χ1v) is 13.8. The lowest BCUT2D eigenvalue weighted by atomic mass is 10.1. The SMILES string of the molecule is COc1cc(NC(=O)CCN2CCN(OC(=O)Nc3ccccc3-c3ccsc3)CC2)ccc1C1OCCO1. The Labute approximate surface area is 231 Å². The molecule has 0 spiro atoms. The quantitative estimate of drug-likeness (QED) is 0.398. The highest BCUT2D eigenvalue weighted by atomic mass is 32.1. The zero-order chi connectivity index (χ0) is 27.0. The lowest BCUT2D eigenvalue weighted by Crippen LogP contribution is -2.47. The minimum absolute atomic E-state index is 0.0829. The normalized spacial score (nSPS) is 16.6. The Balaban J connectivity index is 1.04. The fraction of sp³-hybridized carbons (Fsp3) is 0.357. The molecule has 0 bridgehead atoms. The smallest absolute Gasteiger partial charge is 0.430 e. The van der Waals surface area contributed by atoms with Crippen molar-refractivity contribution in [2.45, 2.75) is 12.7 Å². The van der Waals surface area contributed by atoms with Gasteiger partial charge in [0.25, 0.3) is 0 Å². The Bertz CT molecular complexity index is 1260. The summed E-state index contributed by atoms with van der Waals surface area (Å²) in [6.07, 6.45) is -0.613. The van der Waals surface area contributed by atoms with Gasteiger partial charge in [0.05, 0.1) is 26.0 Å².